The van der Waals surface area contributed by atoms with Crippen molar-refractivity contribution in [2.24, 2.45) is 0 Å². The zero-order chi connectivity index (χ0) is 19.2. The normalized spacial score (nSPS) is 12.6. The van der Waals surface area contributed by atoms with Gasteiger partial charge in [-0.05, 0) is 25.0 Å². The van der Waals surface area contributed by atoms with Crippen LogP contribution in [0, 0.1) is 0 Å². The fourth-order valence-corrected chi connectivity index (χ4v) is 4.77. The van der Waals surface area contributed by atoms with Gasteiger partial charge in [-0.15, -0.1) is 0 Å². The van der Waals surface area contributed by atoms with Crippen LogP contribution in [0.1, 0.15) is 77.5 Å². The molecule has 0 bridgehead atoms. The summed E-state index contributed by atoms with van der Waals surface area (Å²) < 4.78 is 0. The third-order valence-corrected chi connectivity index (χ3v) is 5.68. The predicted molar refractivity (Wildman–Crippen MR) is 105 cm³/mol. The van der Waals surface area contributed by atoms with Gasteiger partial charge in [0.2, 0.25) is 0 Å². The fourth-order valence-electron chi connectivity index (χ4n) is 3.53. The third kappa shape index (κ3) is 2.63. The molecule has 0 N–H and O–H groups in total. The summed E-state index contributed by atoms with van der Waals surface area (Å²) in [4.78, 5) is 51.2. The summed E-state index contributed by atoms with van der Waals surface area (Å²) in [5.74, 6) is -1.42. The van der Waals surface area contributed by atoms with Crippen LogP contribution in [0.2, 0.25) is 0 Å². The van der Waals surface area contributed by atoms with E-state index in [4.69, 9.17) is 0 Å². The van der Waals surface area contributed by atoms with Crippen LogP contribution in [-0.4, -0.2) is 23.1 Å². The van der Waals surface area contributed by atoms with E-state index < -0.39 is 11.6 Å². The topological polar surface area (TPSA) is 68.3 Å². The van der Waals surface area contributed by atoms with E-state index in [-0.39, 0.29) is 44.9 Å². The van der Waals surface area contributed by atoms with Crippen LogP contribution in [0.15, 0.2) is 24.3 Å². The van der Waals surface area contributed by atoms with Crippen LogP contribution in [0.4, 0.5) is 0 Å². The minimum atomic E-state index is -0.397. The maximum absolute atomic E-state index is 13.2. The Morgan fingerprint density at radius 2 is 1.12 bits per heavy atom. The number of hydrogen-bond donors (Lipinski definition) is 0. The van der Waals surface area contributed by atoms with Gasteiger partial charge in [0.1, 0.15) is 0 Å². The van der Waals surface area contributed by atoms with Crippen molar-refractivity contribution in [1.29, 1.82) is 0 Å². The number of rotatable bonds is 4. The van der Waals surface area contributed by atoms with Crippen molar-refractivity contribution in [3.63, 3.8) is 0 Å². The van der Waals surface area contributed by atoms with Crippen molar-refractivity contribution in [2.45, 2.75) is 24.5 Å². The summed E-state index contributed by atoms with van der Waals surface area (Å²) in [7, 11) is 0. The van der Waals surface area contributed by atoms with Crippen LogP contribution in [-0.2, 0) is 10.7 Å². The van der Waals surface area contributed by atoms with Crippen molar-refractivity contribution >= 4 is 55.0 Å². The van der Waals surface area contributed by atoms with Crippen molar-refractivity contribution in [1.82, 2.24) is 0 Å². The molecule has 0 fully saturated rings. The maximum Gasteiger partial charge on any atom is 0.195 e. The molecular formula is C20H14Br2O4. The van der Waals surface area contributed by atoms with E-state index in [2.05, 4.69) is 31.9 Å². The maximum atomic E-state index is 13.2. The zero-order valence-electron chi connectivity index (χ0n) is 14.1. The molecule has 2 aromatic rings. The number of alkyl halides is 2. The second-order valence-electron chi connectivity index (χ2n) is 6.04. The average molecular weight is 478 g/mol. The number of halogens is 2. The SMILES string of the molecule is CC(=O)c1c(CBr)c(CBr)c(C(C)=O)c2c1C(=O)c1ccccc1C2=O. The molecule has 3 rings (SSSR count). The molecule has 0 saturated heterocycles. The Kier molecular flexibility index (Phi) is 5.08. The van der Waals surface area contributed by atoms with Gasteiger partial charge >= 0.3 is 0 Å². The summed E-state index contributed by atoms with van der Waals surface area (Å²) in [6.45, 7) is 2.73. The predicted octanol–water partition coefficient (Wildman–Crippen LogP) is 4.66. The first-order chi connectivity index (χ1) is 12.3. The lowest BCUT2D eigenvalue weighted by Crippen LogP contribution is -2.28. The van der Waals surface area contributed by atoms with Crippen LogP contribution in [0.25, 0.3) is 0 Å². The summed E-state index contributed by atoms with van der Waals surface area (Å²) in [6.07, 6.45) is 0. The van der Waals surface area contributed by atoms with Gasteiger partial charge in [-0.25, -0.2) is 0 Å². The highest BCUT2D eigenvalue weighted by molar-refractivity contribution is 9.09. The van der Waals surface area contributed by atoms with Crippen LogP contribution >= 0.6 is 31.9 Å². The molecule has 0 radical (unpaired) electrons. The lowest BCUT2D eigenvalue weighted by Gasteiger charge is -2.26. The van der Waals surface area contributed by atoms with Crippen molar-refractivity contribution in [2.75, 3.05) is 0 Å². The van der Waals surface area contributed by atoms with E-state index in [1.54, 1.807) is 24.3 Å². The first kappa shape index (κ1) is 18.9. The van der Waals surface area contributed by atoms with Crippen molar-refractivity contribution < 1.29 is 19.2 Å². The Hall–Kier alpha value is -1.92. The van der Waals surface area contributed by atoms with Gasteiger partial charge in [-0.1, -0.05) is 56.1 Å². The van der Waals surface area contributed by atoms with Crippen LogP contribution in [0.5, 0.6) is 0 Å². The molecule has 6 heteroatoms. The molecule has 0 atom stereocenters. The molecule has 132 valence electrons. The average Bonchev–Trinajstić information content (AvgIpc) is 2.63. The van der Waals surface area contributed by atoms with Crippen molar-refractivity contribution in [3.8, 4) is 0 Å². The Labute approximate surface area is 167 Å². The highest BCUT2D eigenvalue weighted by Crippen LogP contribution is 2.38. The van der Waals surface area contributed by atoms with E-state index in [1.165, 1.54) is 13.8 Å². The molecule has 0 unspecified atom stereocenters. The second-order valence-corrected chi connectivity index (χ2v) is 7.16. The van der Waals surface area contributed by atoms with Gasteiger partial charge in [0, 0.05) is 44.0 Å². The minimum Gasteiger partial charge on any atom is -0.294 e. The van der Waals surface area contributed by atoms with E-state index in [0.29, 0.717) is 21.8 Å². The number of carbonyl (C=O) groups excluding carboxylic acids is 4. The highest BCUT2D eigenvalue weighted by atomic mass is 79.9. The summed E-state index contributed by atoms with van der Waals surface area (Å²) in [5.41, 5.74) is 2.17. The van der Waals surface area contributed by atoms with Gasteiger partial charge in [-0.3, -0.25) is 19.2 Å². The summed E-state index contributed by atoms with van der Waals surface area (Å²) in [6, 6.07) is 6.49. The molecule has 1 aliphatic carbocycles. The van der Waals surface area contributed by atoms with E-state index in [1.807, 2.05) is 0 Å². The Morgan fingerprint density at radius 1 is 0.769 bits per heavy atom. The van der Waals surface area contributed by atoms with E-state index in [9.17, 15) is 19.2 Å². The van der Waals surface area contributed by atoms with Crippen LogP contribution < -0.4 is 0 Å². The molecule has 2 aromatic carbocycles. The molecule has 0 aliphatic heterocycles. The quantitative estimate of drug-likeness (QED) is 0.405. The number of ketones is 4. The molecule has 0 heterocycles. The summed E-state index contributed by atoms with van der Waals surface area (Å²) >= 11 is 6.73. The number of benzene rings is 2. The van der Waals surface area contributed by atoms with Gasteiger partial charge < -0.3 is 0 Å². The standard InChI is InChI=1S/C20H14Br2O4/c1-9(23)15-13(7-21)14(8-22)16(10(2)24)18-17(15)19(25)11-5-3-4-6-12(11)20(18)26/h3-6H,7-8H2,1-2H3. The van der Waals surface area contributed by atoms with Crippen molar-refractivity contribution in [3.05, 3.63) is 68.8 Å². The fraction of sp³-hybridized carbons (Fsp3) is 0.200. The molecule has 0 saturated carbocycles. The first-order valence-corrected chi connectivity index (χ1v) is 10.1. The number of hydrogen-bond acceptors (Lipinski definition) is 4. The van der Waals surface area contributed by atoms with E-state index in [0.717, 1.165) is 0 Å². The molecular weight excluding hydrogens is 464 g/mol. The molecule has 0 amide bonds. The third-order valence-electron chi connectivity index (χ3n) is 4.56. The van der Waals surface area contributed by atoms with Crippen LogP contribution in [0.3, 0.4) is 0 Å². The number of fused-ring (bicyclic) bond motifs is 2. The number of Topliss-reactive ketones (excluding diaryl/α,β-unsaturated/α-hetero) is 2. The van der Waals surface area contributed by atoms with Gasteiger partial charge in [0.05, 0.1) is 0 Å². The van der Waals surface area contributed by atoms with E-state index >= 15 is 0 Å². The molecule has 0 spiro atoms. The molecule has 26 heavy (non-hydrogen) atoms. The smallest absolute Gasteiger partial charge is 0.195 e. The Balaban J connectivity index is 2.58. The number of carbonyl (C=O) groups is 4. The Morgan fingerprint density at radius 3 is 1.38 bits per heavy atom. The minimum absolute atomic E-state index is 0.0468. The second kappa shape index (κ2) is 7.00. The highest BCUT2D eigenvalue weighted by Gasteiger charge is 2.38. The zero-order valence-corrected chi connectivity index (χ0v) is 17.3. The lowest BCUT2D eigenvalue weighted by molar-refractivity contribution is 0.0956. The van der Waals surface area contributed by atoms with Gasteiger partial charge in [-0.2, -0.15) is 0 Å². The van der Waals surface area contributed by atoms with Gasteiger partial charge in [0.15, 0.2) is 23.1 Å². The summed E-state index contributed by atoms with van der Waals surface area (Å²) in [5, 5.41) is 0.582. The monoisotopic (exact) mass is 476 g/mol. The first-order valence-electron chi connectivity index (χ1n) is 7.89. The molecule has 4 nitrogen and oxygen atoms in total. The van der Waals surface area contributed by atoms with Gasteiger partial charge in [0.25, 0.3) is 0 Å². The largest absolute Gasteiger partial charge is 0.294 e. The lowest BCUT2D eigenvalue weighted by atomic mass is 9.75. The molecule has 0 aromatic heterocycles. The molecule has 1 aliphatic rings. The Bertz CT molecular complexity index is 925.